The van der Waals surface area contributed by atoms with Gasteiger partial charge in [0.05, 0.1) is 5.92 Å². The Labute approximate surface area is 192 Å². The first kappa shape index (κ1) is 27.8. The van der Waals surface area contributed by atoms with Crippen LogP contribution in [0.2, 0.25) is 0 Å². The lowest BCUT2D eigenvalue weighted by atomic mass is 9.87. The van der Waals surface area contributed by atoms with E-state index in [1.165, 1.54) is 37.8 Å². The molecule has 32 heavy (non-hydrogen) atoms. The lowest BCUT2D eigenvalue weighted by Crippen LogP contribution is -2.43. The predicted octanol–water partition coefficient (Wildman–Crippen LogP) is 6.01. The lowest BCUT2D eigenvalue weighted by Gasteiger charge is -2.22. The van der Waals surface area contributed by atoms with Gasteiger partial charge in [0.2, 0.25) is 5.91 Å². The van der Waals surface area contributed by atoms with Crippen LogP contribution in [0.5, 0.6) is 0 Å². The van der Waals surface area contributed by atoms with E-state index in [4.69, 9.17) is 0 Å². The molecule has 1 amide bonds. The number of benzene rings is 1. The first-order chi connectivity index (χ1) is 15.1. The second-order valence-corrected chi connectivity index (χ2v) is 9.63. The molecular weight excluding hydrogens is 409 g/mol. The fraction of sp³-hybridized carbons (Fsp3) is 0.654. The van der Waals surface area contributed by atoms with Gasteiger partial charge >= 0.3 is 5.97 Å². The van der Waals surface area contributed by atoms with Gasteiger partial charge in [-0.2, -0.15) is 0 Å². The van der Waals surface area contributed by atoms with Gasteiger partial charge in [-0.3, -0.25) is 9.59 Å². The highest BCUT2D eigenvalue weighted by Crippen LogP contribution is 2.25. The summed E-state index contributed by atoms with van der Waals surface area (Å²) in [6, 6.07) is 4.67. The number of ketones is 1. The molecule has 1 aromatic carbocycles. The van der Waals surface area contributed by atoms with Crippen molar-refractivity contribution in [3.05, 3.63) is 35.6 Å². The van der Waals surface area contributed by atoms with E-state index in [2.05, 4.69) is 12.2 Å². The van der Waals surface area contributed by atoms with Gasteiger partial charge in [-0.15, -0.1) is 0 Å². The van der Waals surface area contributed by atoms with Crippen LogP contribution in [0.1, 0.15) is 103 Å². The third-order valence-corrected chi connectivity index (χ3v) is 5.80. The molecule has 0 spiro atoms. The van der Waals surface area contributed by atoms with Crippen molar-refractivity contribution < 1.29 is 23.9 Å². The van der Waals surface area contributed by atoms with Crippen molar-refractivity contribution in [2.24, 2.45) is 5.41 Å². The highest BCUT2D eigenvalue weighted by Gasteiger charge is 2.28. The van der Waals surface area contributed by atoms with Crippen LogP contribution in [0.3, 0.4) is 0 Å². The number of carboxylic acids is 1. The summed E-state index contributed by atoms with van der Waals surface area (Å²) in [6.45, 7) is 7.54. The number of rotatable bonds is 15. The van der Waals surface area contributed by atoms with Gasteiger partial charge in [0.15, 0.2) is 0 Å². The smallest absolute Gasteiger partial charge is 0.326 e. The average Bonchev–Trinajstić information content (AvgIpc) is 2.72. The molecule has 0 aliphatic rings. The van der Waals surface area contributed by atoms with E-state index in [0.717, 1.165) is 19.3 Å². The molecule has 0 saturated carbocycles. The predicted molar refractivity (Wildman–Crippen MR) is 125 cm³/mol. The fourth-order valence-electron chi connectivity index (χ4n) is 3.63. The largest absolute Gasteiger partial charge is 0.480 e. The molecule has 0 radical (unpaired) electrons. The summed E-state index contributed by atoms with van der Waals surface area (Å²) in [5.74, 6) is -2.53. The highest BCUT2D eigenvalue weighted by molar-refractivity contribution is 5.89. The normalized spacial score (nSPS) is 13.4. The molecule has 5 nitrogen and oxygen atoms in total. The Bertz CT molecular complexity index is 724. The summed E-state index contributed by atoms with van der Waals surface area (Å²) in [4.78, 5) is 36.9. The summed E-state index contributed by atoms with van der Waals surface area (Å²) in [6.07, 6.45) is 8.44. The number of carboxylic acid groups (broad SMARTS) is 1. The maximum atomic E-state index is 13.4. The molecule has 1 unspecified atom stereocenters. The minimum Gasteiger partial charge on any atom is -0.480 e. The number of unbranched alkanes of at least 4 members (excludes halogenated alkanes) is 6. The van der Waals surface area contributed by atoms with Gasteiger partial charge in [0.1, 0.15) is 17.6 Å². The molecule has 0 aliphatic heterocycles. The number of hydrogen-bond acceptors (Lipinski definition) is 3. The summed E-state index contributed by atoms with van der Waals surface area (Å²) >= 11 is 0. The van der Waals surface area contributed by atoms with Gasteiger partial charge in [-0.25, -0.2) is 9.18 Å². The minimum atomic E-state index is -1.16. The average molecular weight is 450 g/mol. The SMILES string of the molecule is CCCCCCCCCC(C(=O)N[C@@H](CCC(=O)C(C)(C)C)C(=O)O)c1ccc(F)cc1. The van der Waals surface area contributed by atoms with Crippen LogP contribution in [0.15, 0.2) is 24.3 Å². The van der Waals surface area contributed by atoms with Crippen LogP contribution >= 0.6 is 0 Å². The second-order valence-electron chi connectivity index (χ2n) is 9.63. The molecule has 0 fully saturated rings. The molecule has 0 aromatic heterocycles. The number of carbonyl (C=O) groups is 3. The van der Waals surface area contributed by atoms with Crippen LogP contribution in [0, 0.1) is 11.2 Å². The summed E-state index contributed by atoms with van der Waals surface area (Å²) in [5.41, 5.74) is 0.116. The second kappa shape index (κ2) is 14.0. The zero-order chi connectivity index (χ0) is 24.1. The molecule has 0 saturated heterocycles. The highest BCUT2D eigenvalue weighted by atomic mass is 19.1. The van der Waals surface area contributed by atoms with Crippen molar-refractivity contribution in [1.29, 1.82) is 0 Å². The Morgan fingerprint density at radius 1 is 0.938 bits per heavy atom. The third kappa shape index (κ3) is 10.4. The molecule has 1 aromatic rings. The minimum absolute atomic E-state index is 0.0452. The zero-order valence-electron chi connectivity index (χ0n) is 20.1. The summed E-state index contributed by atoms with van der Waals surface area (Å²) in [7, 11) is 0. The number of nitrogens with one attached hydrogen (secondary N) is 1. The van der Waals surface area contributed by atoms with Crippen molar-refractivity contribution in [1.82, 2.24) is 5.32 Å². The standard InChI is InChI=1S/C26H40FNO4/c1-5-6-7-8-9-10-11-12-21(19-13-15-20(27)16-14-19)24(30)28-22(25(31)32)17-18-23(29)26(2,3)4/h13-16,21-22H,5-12,17-18H2,1-4H3,(H,28,30)(H,31,32)/t21?,22-/m0/s1. The quantitative estimate of drug-likeness (QED) is 0.321. The summed E-state index contributed by atoms with van der Waals surface area (Å²) in [5, 5.41) is 12.2. The van der Waals surface area contributed by atoms with Gasteiger partial charge in [-0.05, 0) is 30.5 Å². The van der Waals surface area contributed by atoms with E-state index >= 15 is 0 Å². The van der Waals surface area contributed by atoms with Crippen LogP contribution in [-0.4, -0.2) is 28.8 Å². The summed E-state index contributed by atoms with van der Waals surface area (Å²) < 4.78 is 13.4. The number of carbonyl (C=O) groups excluding carboxylic acids is 2. The molecule has 2 N–H and O–H groups in total. The van der Waals surface area contributed by atoms with Crippen LogP contribution in [0.25, 0.3) is 0 Å². The molecular formula is C26H40FNO4. The van der Waals surface area contributed by atoms with E-state index < -0.39 is 29.3 Å². The molecule has 0 heterocycles. The van der Waals surface area contributed by atoms with E-state index in [0.29, 0.717) is 12.0 Å². The van der Waals surface area contributed by atoms with Crippen LogP contribution in [-0.2, 0) is 14.4 Å². The van der Waals surface area contributed by atoms with Crippen molar-refractivity contribution in [2.45, 2.75) is 104 Å². The van der Waals surface area contributed by atoms with Crippen LogP contribution in [0.4, 0.5) is 4.39 Å². The fourth-order valence-corrected chi connectivity index (χ4v) is 3.63. The van der Waals surface area contributed by atoms with Crippen molar-refractivity contribution in [3.8, 4) is 0 Å². The monoisotopic (exact) mass is 449 g/mol. The first-order valence-electron chi connectivity index (χ1n) is 11.9. The molecule has 2 atom stereocenters. The van der Waals surface area contributed by atoms with Gasteiger partial charge in [0, 0.05) is 11.8 Å². The Hall–Kier alpha value is -2.24. The number of aliphatic carboxylic acids is 1. The van der Waals surface area contributed by atoms with E-state index in [9.17, 15) is 23.9 Å². The van der Waals surface area contributed by atoms with E-state index in [1.54, 1.807) is 32.9 Å². The lowest BCUT2D eigenvalue weighted by molar-refractivity contribution is -0.142. The van der Waals surface area contributed by atoms with E-state index in [-0.39, 0.29) is 24.4 Å². The third-order valence-electron chi connectivity index (χ3n) is 5.80. The number of hydrogen-bond donors (Lipinski definition) is 2. The molecule has 180 valence electrons. The van der Waals surface area contributed by atoms with Crippen molar-refractivity contribution in [3.63, 3.8) is 0 Å². The van der Waals surface area contributed by atoms with Crippen LogP contribution < -0.4 is 5.32 Å². The molecule has 6 heteroatoms. The molecule has 1 rings (SSSR count). The topological polar surface area (TPSA) is 83.5 Å². The Kier molecular flexibility index (Phi) is 12.2. The molecule has 0 aliphatic carbocycles. The van der Waals surface area contributed by atoms with Gasteiger partial charge < -0.3 is 10.4 Å². The van der Waals surface area contributed by atoms with Gasteiger partial charge in [-0.1, -0.05) is 84.8 Å². The van der Waals surface area contributed by atoms with Gasteiger partial charge in [0.25, 0.3) is 0 Å². The van der Waals surface area contributed by atoms with Crippen molar-refractivity contribution >= 4 is 17.7 Å². The Morgan fingerprint density at radius 2 is 1.50 bits per heavy atom. The van der Waals surface area contributed by atoms with Crippen molar-refractivity contribution in [2.75, 3.05) is 0 Å². The number of Topliss-reactive ketones (excluding diaryl/α,β-unsaturated/α-hetero) is 1. The number of amides is 1. The first-order valence-corrected chi connectivity index (χ1v) is 11.9. The number of halogens is 1. The Morgan fingerprint density at radius 3 is 2.03 bits per heavy atom. The zero-order valence-corrected chi connectivity index (χ0v) is 20.1. The Balaban J connectivity index is 2.78. The van der Waals surface area contributed by atoms with E-state index in [1.807, 2.05) is 0 Å². The maximum absolute atomic E-state index is 13.4. The molecule has 0 bridgehead atoms. The maximum Gasteiger partial charge on any atom is 0.326 e.